The van der Waals surface area contributed by atoms with Crippen LogP contribution in [0.3, 0.4) is 0 Å². The minimum Gasteiger partial charge on any atom is -0.468 e. The standard InChI is InChI=1S/C15H19NOS/c1-10-8-14(5-4-13(10)9-11(2)16)18-15-6-7-17-12(15)3/h4-8,11H,9,16H2,1-3H3. The Labute approximate surface area is 113 Å². The smallest absolute Gasteiger partial charge is 0.114 e. The van der Waals surface area contributed by atoms with Gasteiger partial charge in [-0.15, -0.1) is 0 Å². The van der Waals surface area contributed by atoms with Crippen LogP contribution in [0.4, 0.5) is 0 Å². The topological polar surface area (TPSA) is 39.2 Å². The zero-order valence-electron chi connectivity index (χ0n) is 11.1. The van der Waals surface area contributed by atoms with E-state index in [0.29, 0.717) is 0 Å². The zero-order chi connectivity index (χ0) is 13.1. The lowest BCUT2D eigenvalue weighted by atomic mass is 10.0. The third-order valence-corrected chi connectivity index (χ3v) is 4.03. The van der Waals surface area contributed by atoms with E-state index in [-0.39, 0.29) is 6.04 Å². The SMILES string of the molecule is Cc1cc(Sc2ccoc2C)ccc1CC(C)N. The molecule has 2 rings (SSSR count). The first-order chi connectivity index (χ1) is 8.56. The van der Waals surface area contributed by atoms with Gasteiger partial charge >= 0.3 is 0 Å². The van der Waals surface area contributed by atoms with Gasteiger partial charge in [-0.3, -0.25) is 0 Å². The highest BCUT2D eigenvalue weighted by molar-refractivity contribution is 7.99. The molecule has 2 nitrogen and oxygen atoms in total. The predicted octanol–water partition coefficient (Wildman–Crippen LogP) is 3.94. The quantitative estimate of drug-likeness (QED) is 0.906. The maximum atomic E-state index is 5.84. The van der Waals surface area contributed by atoms with Gasteiger partial charge in [0.1, 0.15) is 5.76 Å². The summed E-state index contributed by atoms with van der Waals surface area (Å²) in [4.78, 5) is 2.42. The summed E-state index contributed by atoms with van der Waals surface area (Å²) in [6.07, 6.45) is 2.66. The van der Waals surface area contributed by atoms with Gasteiger partial charge in [0.05, 0.1) is 11.2 Å². The molecule has 0 aliphatic heterocycles. The Kier molecular flexibility index (Phi) is 4.15. The van der Waals surface area contributed by atoms with Crippen LogP contribution in [-0.2, 0) is 6.42 Å². The molecule has 1 aromatic carbocycles. The number of nitrogens with two attached hydrogens (primary N) is 1. The van der Waals surface area contributed by atoms with Crippen LogP contribution in [0.25, 0.3) is 0 Å². The second-order valence-corrected chi connectivity index (χ2v) is 5.83. The van der Waals surface area contributed by atoms with Crippen LogP contribution in [0, 0.1) is 13.8 Å². The van der Waals surface area contributed by atoms with E-state index in [1.54, 1.807) is 18.0 Å². The molecular formula is C15H19NOS. The molecule has 1 unspecified atom stereocenters. The van der Waals surface area contributed by atoms with Gasteiger partial charge in [0.15, 0.2) is 0 Å². The van der Waals surface area contributed by atoms with Crippen molar-refractivity contribution in [2.75, 3.05) is 0 Å². The Morgan fingerprint density at radius 1 is 1.28 bits per heavy atom. The van der Waals surface area contributed by atoms with Crippen molar-refractivity contribution in [2.45, 2.75) is 43.0 Å². The first-order valence-corrected chi connectivity index (χ1v) is 6.95. The molecule has 18 heavy (non-hydrogen) atoms. The highest BCUT2D eigenvalue weighted by Crippen LogP contribution is 2.32. The highest BCUT2D eigenvalue weighted by Gasteiger charge is 2.06. The molecule has 0 aliphatic rings. The van der Waals surface area contributed by atoms with Gasteiger partial charge < -0.3 is 10.2 Å². The molecule has 0 fully saturated rings. The highest BCUT2D eigenvalue weighted by atomic mass is 32.2. The minimum absolute atomic E-state index is 0.207. The molecule has 96 valence electrons. The first kappa shape index (κ1) is 13.2. The molecule has 2 aromatic rings. The number of rotatable bonds is 4. The largest absolute Gasteiger partial charge is 0.468 e. The van der Waals surface area contributed by atoms with Crippen LogP contribution in [0.2, 0.25) is 0 Å². The average molecular weight is 261 g/mol. The summed E-state index contributed by atoms with van der Waals surface area (Å²) < 4.78 is 5.31. The number of furan rings is 1. The maximum absolute atomic E-state index is 5.84. The molecule has 2 N–H and O–H groups in total. The molecule has 0 aliphatic carbocycles. The van der Waals surface area contributed by atoms with E-state index < -0.39 is 0 Å². The van der Waals surface area contributed by atoms with E-state index in [1.165, 1.54) is 20.9 Å². The average Bonchev–Trinajstić information content (AvgIpc) is 2.68. The number of hydrogen-bond acceptors (Lipinski definition) is 3. The summed E-state index contributed by atoms with van der Waals surface area (Å²) in [6.45, 7) is 6.17. The number of benzene rings is 1. The summed E-state index contributed by atoms with van der Waals surface area (Å²) >= 11 is 1.74. The second kappa shape index (κ2) is 5.63. The van der Waals surface area contributed by atoms with Gasteiger partial charge in [0.25, 0.3) is 0 Å². The molecule has 0 bridgehead atoms. The third-order valence-electron chi connectivity index (χ3n) is 2.89. The van der Waals surface area contributed by atoms with Crippen molar-refractivity contribution in [2.24, 2.45) is 5.73 Å². The van der Waals surface area contributed by atoms with Gasteiger partial charge in [-0.05, 0) is 56.5 Å². The maximum Gasteiger partial charge on any atom is 0.114 e. The molecule has 0 amide bonds. The van der Waals surface area contributed by atoms with Crippen molar-refractivity contribution in [3.63, 3.8) is 0 Å². The van der Waals surface area contributed by atoms with Gasteiger partial charge in [0.2, 0.25) is 0 Å². The first-order valence-electron chi connectivity index (χ1n) is 6.13. The Morgan fingerprint density at radius 2 is 2.06 bits per heavy atom. The molecule has 0 radical (unpaired) electrons. The predicted molar refractivity (Wildman–Crippen MR) is 76.1 cm³/mol. The Balaban J connectivity index is 2.16. The molecule has 1 heterocycles. The monoisotopic (exact) mass is 261 g/mol. The van der Waals surface area contributed by atoms with Crippen LogP contribution in [0.5, 0.6) is 0 Å². The van der Waals surface area contributed by atoms with Crippen LogP contribution >= 0.6 is 11.8 Å². The molecule has 0 saturated heterocycles. The fourth-order valence-electron chi connectivity index (χ4n) is 1.91. The molecule has 0 saturated carbocycles. The van der Waals surface area contributed by atoms with E-state index in [9.17, 15) is 0 Å². The van der Waals surface area contributed by atoms with Crippen molar-refractivity contribution in [3.8, 4) is 0 Å². The molecule has 0 spiro atoms. The van der Waals surface area contributed by atoms with Gasteiger partial charge in [-0.1, -0.05) is 17.8 Å². The molecule has 3 heteroatoms. The lowest BCUT2D eigenvalue weighted by Crippen LogP contribution is -2.18. The normalized spacial score (nSPS) is 12.7. The molecule has 1 aromatic heterocycles. The zero-order valence-corrected chi connectivity index (χ0v) is 11.9. The van der Waals surface area contributed by atoms with Gasteiger partial charge in [-0.25, -0.2) is 0 Å². The summed E-state index contributed by atoms with van der Waals surface area (Å²) in [7, 11) is 0. The van der Waals surface area contributed by atoms with Crippen molar-refractivity contribution < 1.29 is 4.42 Å². The van der Waals surface area contributed by atoms with Crippen molar-refractivity contribution in [3.05, 3.63) is 47.4 Å². The van der Waals surface area contributed by atoms with Crippen LogP contribution < -0.4 is 5.73 Å². The Hall–Kier alpha value is -1.19. The van der Waals surface area contributed by atoms with Crippen LogP contribution in [0.15, 0.2) is 44.7 Å². The molecular weight excluding hydrogens is 242 g/mol. The second-order valence-electron chi connectivity index (χ2n) is 4.71. The minimum atomic E-state index is 0.207. The van der Waals surface area contributed by atoms with E-state index >= 15 is 0 Å². The van der Waals surface area contributed by atoms with Crippen LogP contribution in [-0.4, -0.2) is 6.04 Å². The van der Waals surface area contributed by atoms with E-state index in [0.717, 1.165) is 12.2 Å². The van der Waals surface area contributed by atoms with Crippen molar-refractivity contribution in [1.82, 2.24) is 0 Å². The fraction of sp³-hybridized carbons (Fsp3) is 0.333. The van der Waals surface area contributed by atoms with Gasteiger partial charge in [0, 0.05) is 10.9 Å². The number of aryl methyl sites for hydroxylation is 2. The lowest BCUT2D eigenvalue weighted by Gasteiger charge is -2.10. The summed E-state index contributed by atoms with van der Waals surface area (Å²) in [5.41, 5.74) is 8.48. The summed E-state index contributed by atoms with van der Waals surface area (Å²) in [6, 6.07) is 8.76. The van der Waals surface area contributed by atoms with Crippen molar-refractivity contribution in [1.29, 1.82) is 0 Å². The van der Waals surface area contributed by atoms with Gasteiger partial charge in [-0.2, -0.15) is 0 Å². The van der Waals surface area contributed by atoms with E-state index in [1.807, 2.05) is 19.9 Å². The lowest BCUT2D eigenvalue weighted by molar-refractivity contribution is 0.527. The Morgan fingerprint density at radius 3 is 2.61 bits per heavy atom. The Bertz CT molecular complexity index is 531. The number of hydrogen-bond donors (Lipinski definition) is 1. The molecule has 1 atom stereocenters. The summed E-state index contributed by atoms with van der Waals surface area (Å²) in [5, 5.41) is 0. The van der Waals surface area contributed by atoms with E-state index in [2.05, 4.69) is 25.1 Å². The fourth-order valence-corrected chi connectivity index (χ4v) is 2.86. The van der Waals surface area contributed by atoms with Crippen LogP contribution in [0.1, 0.15) is 23.8 Å². The third kappa shape index (κ3) is 3.18. The van der Waals surface area contributed by atoms with Crippen molar-refractivity contribution >= 4 is 11.8 Å². The van der Waals surface area contributed by atoms with E-state index in [4.69, 9.17) is 10.2 Å². The summed E-state index contributed by atoms with van der Waals surface area (Å²) in [5.74, 6) is 0.970.